The zero-order valence-corrected chi connectivity index (χ0v) is 13.5. The van der Waals surface area contributed by atoms with Gasteiger partial charge in [0, 0.05) is 13.1 Å². The molecular weight excluding hydrogens is 294 g/mol. The number of carbonyl (C=O) groups is 2. The topological polar surface area (TPSA) is 55.8 Å². The van der Waals surface area contributed by atoms with Crippen molar-refractivity contribution in [1.29, 1.82) is 0 Å². The maximum atomic E-state index is 11.9. The van der Waals surface area contributed by atoms with Crippen LogP contribution in [0.3, 0.4) is 0 Å². The standard InChI is InChI=1S/C18H23NO4/c1-4-11-19(12-5-2)17(20)14-23-18(21)10-13-22-16-8-6-15(3)7-9-16/h4-9H,1-2,10-14H2,3H3. The molecule has 0 aliphatic heterocycles. The van der Waals surface area contributed by atoms with Gasteiger partial charge in [0.1, 0.15) is 5.75 Å². The SMILES string of the molecule is C=CCN(CC=C)C(=O)COC(=O)CCOc1ccc(C)cc1. The summed E-state index contributed by atoms with van der Waals surface area (Å²) in [5.74, 6) is -0.0529. The lowest BCUT2D eigenvalue weighted by molar-refractivity contribution is -0.152. The quantitative estimate of drug-likeness (QED) is 0.491. The molecule has 23 heavy (non-hydrogen) atoms. The van der Waals surface area contributed by atoms with Gasteiger partial charge in [-0.2, -0.15) is 0 Å². The van der Waals surface area contributed by atoms with Crippen molar-refractivity contribution >= 4 is 11.9 Å². The number of amides is 1. The summed E-state index contributed by atoms with van der Waals surface area (Å²) in [5, 5.41) is 0. The number of esters is 1. The van der Waals surface area contributed by atoms with E-state index < -0.39 is 5.97 Å². The molecule has 1 amide bonds. The highest BCUT2D eigenvalue weighted by Gasteiger charge is 2.13. The molecule has 1 aromatic rings. The minimum absolute atomic E-state index is 0.0874. The minimum Gasteiger partial charge on any atom is -0.493 e. The molecule has 0 spiro atoms. The van der Waals surface area contributed by atoms with Crippen LogP contribution in [0.25, 0.3) is 0 Å². The smallest absolute Gasteiger partial charge is 0.309 e. The van der Waals surface area contributed by atoms with Crippen LogP contribution in [0.1, 0.15) is 12.0 Å². The fourth-order valence-corrected chi connectivity index (χ4v) is 1.78. The fourth-order valence-electron chi connectivity index (χ4n) is 1.78. The van der Waals surface area contributed by atoms with Crippen molar-refractivity contribution in [2.24, 2.45) is 0 Å². The zero-order valence-electron chi connectivity index (χ0n) is 13.5. The summed E-state index contributed by atoms with van der Waals surface area (Å²) in [4.78, 5) is 25.0. The van der Waals surface area contributed by atoms with E-state index in [2.05, 4.69) is 13.2 Å². The highest BCUT2D eigenvalue weighted by molar-refractivity contribution is 5.80. The van der Waals surface area contributed by atoms with Crippen LogP contribution in [0.5, 0.6) is 5.75 Å². The van der Waals surface area contributed by atoms with Gasteiger partial charge in [-0.1, -0.05) is 29.8 Å². The van der Waals surface area contributed by atoms with Gasteiger partial charge in [0.05, 0.1) is 13.0 Å². The van der Waals surface area contributed by atoms with Gasteiger partial charge in [-0.15, -0.1) is 13.2 Å². The van der Waals surface area contributed by atoms with Crippen molar-refractivity contribution in [3.8, 4) is 5.75 Å². The summed E-state index contributed by atoms with van der Waals surface area (Å²) in [7, 11) is 0. The molecule has 5 nitrogen and oxygen atoms in total. The first-order valence-electron chi connectivity index (χ1n) is 7.41. The summed E-state index contributed by atoms with van der Waals surface area (Å²) >= 11 is 0. The lowest BCUT2D eigenvalue weighted by atomic mass is 10.2. The third-order valence-corrected chi connectivity index (χ3v) is 3.00. The largest absolute Gasteiger partial charge is 0.493 e. The molecule has 5 heteroatoms. The number of ether oxygens (including phenoxy) is 2. The first-order chi connectivity index (χ1) is 11.1. The Morgan fingerprint density at radius 2 is 1.74 bits per heavy atom. The van der Waals surface area contributed by atoms with Gasteiger partial charge in [-0.3, -0.25) is 9.59 Å². The molecule has 1 rings (SSSR count). The monoisotopic (exact) mass is 317 g/mol. The Morgan fingerprint density at radius 1 is 1.13 bits per heavy atom. The summed E-state index contributed by atoms with van der Waals surface area (Å²) in [6, 6.07) is 7.54. The van der Waals surface area contributed by atoms with Crippen LogP contribution in [0, 0.1) is 6.92 Å². The van der Waals surface area contributed by atoms with Gasteiger partial charge >= 0.3 is 5.97 Å². The van der Waals surface area contributed by atoms with Gasteiger partial charge in [-0.25, -0.2) is 0 Å². The molecule has 0 saturated heterocycles. The van der Waals surface area contributed by atoms with Crippen LogP contribution in [0.15, 0.2) is 49.6 Å². The Hall–Kier alpha value is -2.56. The fraction of sp³-hybridized carbons (Fsp3) is 0.333. The molecule has 0 fully saturated rings. The number of nitrogens with zero attached hydrogens (tertiary/aromatic N) is 1. The van der Waals surface area contributed by atoms with Crippen molar-refractivity contribution in [2.75, 3.05) is 26.3 Å². The van der Waals surface area contributed by atoms with Gasteiger partial charge < -0.3 is 14.4 Å². The molecule has 0 aliphatic carbocycles. The van der Waals surface area contributed by atoms with E-state index >= 15 is 0 Å². The highest BCUT2D eigenvalue weighted by Crippen LogP contribution is 2.11. The summed E-state index contributed by atoms with van der Waals surface area (Å²) in [6.07, 6.45) is 3.31. The molecule has 0 heterocycles. The highest BCUT2D eigenvalue weighted by atomic mass is 16.5. The molecule has 0 bridgehead atoms. The van der Waals surface area contributed by atoms with Gasteiger partial charge in [0.2, 0.25) is 0 Å². The zero-order chi connectivity index (χ0) is 17.1. The molecule has 0 N–H and O–H groups in total. The summed E-state index contributed by atoms with van der Waals surface area (Å²) < 4.78 is 10.4. The van der Waals surface area contributed by atoms with E-state index in [0.717, 1.165) is 5.56 Å². The number of hydrogen-bond acceptors (Lipinski definition) is 4. The average Bonchev–Trinajstić information content (AvgIpc) is 2.54. The van der Waals surface area contributed by atoms with E-state index in [0.29, 0.717) is 18.8 Å². The first-order valence-corrected chi connectivity index (χ1v) is 7.41. The molecular formula is C18H23NO4. The van der Waals surface area contributed by atoms with E-state index in [1.807, 2.05) is 31.2 Å². The Balaban J connectivity index is 2.27. The summed E-state index contributed by atoms with van der Waals surface area (Å²) in [5.41, 5.74) is 1.14. The van der Waals surface area contributed by atoms with Crippen molar-refractivity contribution in [1.82, 2.24) is 4.90 Å². The van der Waals surface area contributed by atoms with Crippen LogP contribution < -0.4 is 4.74 Å². The second-order valence-corrected chi connectivity index (χ2v) is 4.95. The molecule has 0 saturated carbocycles. The van der Waals surface area contributed by atoms with E-state index in [1.54, 1.807) is 12.2 Å². The first kappa shape index (κ1) is 18.5. The van der Waals surface area contributed by atoms with Gasteiger partial charge in [0.25, 0.3) is 5.91 Å². The number of hydrogen-bond donors (Lipinski definition) is 0. The molecule has 124 valence electrons. The molecule has 0 aromatic heterocycles. The predicted octanol–water partition coefficient (Wildman–Crippen LogP) is 2.51. The molecule has 0 radical (unpaired) electrons. The molecule has 0 aliphatic rings. The van der Waals surface area contributed by atoms with Crippen LogP contribution in [-0.4, -0.2) is 43.1 Å². The van der Waals surface area contributed by atoms with Crippen LogP contribution >= 0.6 is 0 Å². The second kappa shape index (κ2) is 10.2. The second-order valence-electron chi connectivity index (χ2n) is 4.95. The van der Waals surface area contributed by atoms with Crippen LogP contribution in [0.2, 0.25) is 0 Å². The molecule has 0 unspecified atom stereocenters. The number of rotatable bonds is 10. The third-order valence-electron chi connectivity index (χ3n) is 3.00. The Labute approximate surface area is 137 Å². The Kier molecular flexibility index (Phi) is 8.21. The maximum absolute atomic E-state index is 11.9. The lowest BCUT2D eigenvalue weighted by Gasteiger charge is -2.18. The minimum atomic E-state index is -0.470. The van der Waals surface area contributed by atoms with E-state index in [-0.39, 0.29) is 25.5 Å². The molecule has 0 atom stereocenters. The van der Waals surface area contributed by atoms with E-state index in [1.165, 1.54) is 4.90 Å². The van der Waals surface area contributed by atoms with Crippen molar-refractivity contribution in [2.45, 2.75) is 13.3 Å². The third kappa shape index (κ3) is 7.31. The van der Waals surface area contributed by atoms with E-state index in [4.69, 9.17) is 9.47 Å². The Morgan fingerprint density at radius 3 is 2.30 bits per heavy atom. The van der Waals surface area contributed by atoms with Gasteiger partial charge in [0.15, 0.2) is 6.61 Å². The van der Waals surface area contributed by atoms with E-state index in [9.17, 15) is 9.59 Å². The number of carbonyl (C=O) groups excluding carboxylic acids is 2. The van der Waals surface area contributed by atoms with Crippen molar-refractivity contribution < 1.29 is 19.1 Å². The maximum Gasteiger partial charge on any atom is 0.309 e. The Bertz CT molecular complexity index is 526. The van der Waals surface area contributed by atoms with Crippen molar-refractivity contribution in [3.05, 3.63) is 55.1 Å². The molecule has 1 aromatic carbocycles. The lowest BCUT2D eigenvalue weighted by Crippen LogP contribution is -2.35. The van der Waals surface area contributed by atoms with Crippen molar-refractivity contribution in [3.63, 3.8) is 0 Å². The average molecular weight is 317 g/mol. The normalized spacial score (nSPS) is 9.78. The van der Waals surface area contributed by atoms with Gasteiger partial charge in [-0.05, 0) is 19.1 Å². The predicted molar refractivity (Wildman–Crippen MR) is 89.2 cm³/mol. The summed E-state index contributed by atoms with van der Waals surface area (Å²) in [6.45, 7) is 9.85. The number of benzene rings is 1. The van der Waals surface area contributed by atoms with Crippen LogP contribution in [-0.2, 0) is 14.3 Å². The number of aryl methyl sites for hydroxylation is 1. The van der Waals surface area contributed by atoms with Crippen LogP contribution in [0.4, 0.5) is 0 Å².